The Morgan fingerprint density at radius 1 is 1.10 bits per heavy atom. The normalized spacial score (nSPS) is 27.9. The summed E-state index contributed by atoms with van der Waals surface area (Å²) in [5, 5.41) is 37.3. The standard InChI is InChI=1S/C28H46N10O4/c1-5-20(39)34-18-12-19(23(41)22(18)40)38-15-31-21-24(30-10-8-28(2,3)4)35-26(36-25(21)38)37-11-7-17(14-37)33-27(42)32-16-6-9-29-13-16/h15-19,22-23,29,40-41H,5-14H2,1-4H3,(H,34,39)(H,30,35,36)(H2,32,33,42)/t16-,17-,18+,19-,22-,23+/m1/s1. The lowest BCUT2D eigenvalue weighted by Crippen LogP contribution is -2.47. The Kier molecular flexibility index (Phi) is 9.04. The largest absolute Gasteiger partial charge is 0.388 e. The average Bonchev–Trinajstić information content (AvgIpc) is 3.74. The second kappa shape index (κ2) is 12.6. The van der Waals surface area contributed by atoms with Crippen LogP contribution in [0.25, 0.3) is 11.2 Å². The number of hydrogen-bond acceptors (Lipinski definition) is 10. The summed E-state index contributed by atoms with van der Waals surface area (Å²) in [4.78, 5) is 41.0. The summed E-state index contributed by atoms with van der Waals surface area (Å²) in [6.45, 7) is 11.9. The average molecular weight is 587 g/mol. The zero-order valence-corrected chi connectivity index (χ0v) is 25.1. The molecule has 42 heavy (non-hydrogen) atoms. The van der Waals surface area contributed by atoms with Gasteiger partial charge in [-0.25, -0.2) is 9.78 Å². The van der Waals surface area contributed by atoms with Gasteiger partial charge in [0.1, 0.15) is 12.2 Å². The van der Waals surface area contributed by atoms with E-state index >= 15 is 0 Å². The van der Waals surface area contributed by atoms with Crippen molar-refractivity contribution < 1.29 is 19.8 Å². The Morgan fingerprint density at radius 3 is 2.60 bits per heavy atom. The smallest absolute Gasteiger partial charge is 0.315 e. The number of hydrogen-bond donors (Lipinski definition) is 7. The van der Waals surface area contributed by atoms with E-state index in [1.54, 1.807) is 17.8 Å². The fraction of sp³-hybridized carbons (Fsp3) is 0.750. The van der Waals surface area contributed by atoms with Gasteiger partial charge in [-0.1, -0.05) is 27.7 Å². The molecule has 14 nitrogen and oxygen atoms in total. The van der Waals surface area contributed by atoms with E-state index in [2.05, 4.69) is 57.2 Å². The third-order valence-corrected chi connectivity index (χ3v) is 8.46. The van der Waals surface area contributed by atoms with Crippen molar-refractivity contribution in [2.75, 3.05) is 42.9 Å². The first-order valence-electron chi connectivity index (χ1n) is 15.2. The highest BCUT2D eigenvalue weighted by Crippen LogP contribution is 2.35. The van der Waals surface area contributed by atoms with Crippen LogP contribution in [0.2, 0.25) is 0 Å². The van der Waals surface area contributed by atoms with Gasteiger partial charge in [0.05, 0.1) is 18.4 Å². The highest BCUT2D eigenvalue weighted by Gasteiger charge is 2.44. The summed E-state index contributed by atoms with van der Waals surface area (Å²) in [7, 11) is 0. The van der Waals surface area contributed by atoms with Gasteiger partial charge in [0.25, 0.3) is 0 Å². The number of aromatic nitrogens is 4. The van der Waals surface area contributed by atoms with Crippen molar-refractivity contribution in [3.63, 3.8) is 0 Å². The van der Waals surface area contributed by atoms with Crippen molar-refractivity contribution in [2.45, 2.75) is 96.2 Å². The summed E-state index contributed by atoms with van der Waals surface area (Å²) in [6.07, 6.45) is 2.66. The van der Waals surface area contributed by atoms with Crippen LogP contribution in [0.4, 0.5) is 16.6 Å². The van der Waals surface area contributed by atoms with Crippen LogP contribution in [-0.2, 0) is 4.79 Å². The highest BCUT2D eigenvalue weighted by atomic mass is 16.3. The number of carbonyl (C=O) groups excluding carboxylic acids is 2. The first kappa shape index (κ1) is 30.2. The van der Waals surface area contributed by atoms with Gasteiger partial charge in [-0.05, 0) is 37.6 Å². The molecule has 14 heteroatoms. The van der Waals surface area contributed by atoms with Crippen molar-refractivity contribution in [1.82, 2.24) is 40.8 Å². The Bertz CT molecular complexity index is 1260. The molecule has 2 aromatic heterocycles. The summed E-state index contributed by atoms with van der Waals surface area (Å²) >= 11 is 0. The number of fused-ring (bicyclic) bond motifs is 1. The first-order chi connectivity index (χ1) is 20.0. The van der Waals surface area contributed by atoms with Crippen molar-refractivity contribution in [1.29, 1.82) is 0 Å². The molecular formula is C28H46N10O4. The van der Waals surface area contributed by atoms with Crippen LogP contribution in [0, 0.1) is 5.41 Å². The van der Waals surface area contributed by atoms with Gasteiger partial charge in [0.2, 0.25) is 11.9 Å². The lowest BCUT2D eigenvalue weighted by molar-refractivity contribution is -0.122. The number of urea groups is 1. The number of amides is 3. The fourth-order valence-electron chi connectivity index (χ4n) is 5.95. The Morgan fingerprint density at radius 2 is 1.88 bits per heavy atom. The van der Waals surface area contributed by atoms with E-state index < -0.39 is 24.3 Å². The summed E-state index contributed by atoms with van der Waals surface area (Å²) in [5.74, 6) is 0.934. The van der Waals surface area contributed by atoms with Crippen molar-refractivity contribution in [2.24, 2.45) is 5.41 Å². The molecule has 3 fully saturated rings. The van der Waals surface area contributed by atoms with Gasteiger partial charge in [0.15, 0.2) is 17.0 Å². The maximum atomic E-state index is 12.6. The molecule has 1 saturated carbocycles. The molecule has 3 aliphatic rings. The lowest BCUT2D eigenvalue weighted by Gasteiger charge is -2.22. The molecule has 0 radical (unpaired) electrons. The van der Waals surface area contributed by atoms with Gasteiger partial charge in [0, 0.05) is 44.7 Å². The number of rotatable bonds is 9. The van der Waals surface area contributed by atoms with Crippen LogP contribution in [0.5, 0.6) is 0 Å². The van der Waals surface area contributed by atoms with Gasteiger partial charge >= 0.3 is 6.03 Å². The van der Waals surface area contributed by atoms with E-state index in [-0.39, 0.29) is 29.4 Å². The monoisotopic (exact) mass is 586 g/mol. The van der Waals surface area contributed by atoms with Crippen LogP contribution in [-0.4, -0.2) is 105 Å². The third kappa shape index (κ3) is 6.87. The van der Waals surface area contributed by atoms with E-state index in [0.717, 1.165) is 32.4 Å². The SMILES string of the molecule is CCC(=O)N[C@H]1C[C@@H](n2cnc3c(NCCC(C)(C)C)nc(N4CC[C@@H](NC(=O)N[C@@H]5CCNC5)C4)nc32)[C@H](O)[C@@H]1O. The van der Waals surface area contributed by atoms with E-state index in [1.165, 1.54) is 0 Å². The second-order valence-corrected chi connectivity index (χ2v) is 13.0. The second-order valence-electron chi connectivity index (χ2n) is 13.0. The molecule has 2 saturated heterocycles. The van der Waals surface area contributed by atoms with Crippen molar-refractivity contribution in [3.8, 4) is 0 Å². The fourth-order valence-corrected chi connectivity index (χ4v) is 5.95. The van der Waals surface area contributed by atoms with Gasteiger partial charge in [-0.3, -0.25) is 4.79 Å². The quantitative estimate of drug-likeness (QED) is 0.218. The summed E-state index contributed by atoms with van der Waals surface area (Å²) < 4.78 is 1.79. The molecule has 2 aliphatic heterocycles. The van der Waals surface area contributed by atoms with Crippen molar-refractivity contribution in [3.05, 3.63) is 6.33 Å². The van der Waals surface area contributed by atoms with Crippen LogP contribution >= 0.6 is 0 Å². The van der Waals surface area contributed by atoms with E-state index in [9.17, 15) is 19.8 Å². The molecule has 4 heterocycles. The number of imidazole rings is 1. The summed E-state index contributed by atoms with van der Waals surface area (Å²) in [6, 6.07) is -1.16. The van der Waals surface area contributed by atoms with E-state index in [4.69, 9.17) is 9.97 Å². The number of nitrogens with one attached hydrogen (secondary N) is 5. The molecule has 0 aromatic carbocycles. The minimum Gasteiger partial charge on any atom is -0.388 e. The predicted molar refractivity (Wildman–Crippen MR) is 159 cm³/mol. The Balaban J connectivity index is 1.37. The molecule has 0 spiro atoms. The maximum absolute atomic E-state index is 12.6. The molecule has 232 valence electrons. The first-order valence-corrected chi connectivity index (χ1v) is 15.2. The Labute approximate surface area is 246 Å². The van der Waals surface area contributed by atoms with E-state index in [1.807, 2.05) is 0 Å². The number of nitrogens with zero attached hydrogens (tertiary/aromatic N) is 5. The Hall–Kier alpha value is -3.23. The number of aliphatic hydroxyl groups excluding tert-OH is 2. The lowest BCUT2D eigenvalue weighted by atomic mass is 9.92. The van der Waals surface area contributed by atoms with E-state index in [0.29, 0.717) is 55.4 Å². The summed E-state index contributed by atoms with van der Waals surface area (Å²) in [5.41, 5.74) is 1.25. The third-order valence-electron chi connectivity index (χ3n) is 8.46. The molecule has 0 unspecified atom stereocenters. The van der Waals surface area contributed by atoms with Crippen LogP contribution < -0.4 is 31.5 Å². The predicted octanol–water partition coefficient (Wildman–Crippen LogP) is 0.476. The molecule has 7 N–H and O–H groups in total. The molecule has 5 rings (SSSR count). The molecule has 1 aliphatic carbocycles. The van der Waals surface area contributed by atoms with Gasteiger partial charge < -0.3 is 46.3 Å². The van der Waals surface area contributed by atoms with Crippen LogP contribution in [0.1, 0.15) is 65.8 Å². The molecule has 2 aromatic rings. The number of anilines is 2. The molecule has 6 atom stereocenters. The maximum Gasteiger partial charge on any atom is 0.315 e. The highest BCUT2D eigenvalue weighted by molar-refractivity contribution is 5.84. The van der Waals surface area contributed by atoms with Gasteiger partial charge in [-0.15, -0.1) is 0 Å². The van der Waals surface area contributed by atoms with Crippen molar-refractivity contribution >= 4 is 34.9 Å². The molecule has 3 amide bonds. The minimum atomic E-state index is -1.11. The van der Waals surface area contributed by atoms with Crippen LogP contribution in [0.15, 0.2) is 6.33 Å². The molecular weight excluding hydrogens is 540 g/mol. The van der Waals surface area contributed by atoms with Gasteiger partial charge in [-0.2, -0.15) is 9.97 Å². The molecule has 0 bridgehead atoms. The topological polar surface area (TPSA) is 182 Å². The van der Waals surface area contributed by atoms with Crippen LogP contribution in [0.3, 0.4) is 0 Å². The minimum absolute atomic E-state index is 0.0457. The zero-order valence-electron chi connectivity index (χ0n) is 25.1. The number of aliphatic hydroxyl groups is 2. The number of carbonyl (C=O) groups is 2. The zero-order chi connectivity index (χ0) is 30.0.